The molecule has 33 heavy (non-hydrogen) atoms. The number of benzene rings is 1. The van der Waals surface area contributed by atoms with Gasteiger partial charge in [0.05, 0.1) is 24.1 Å². The van der Waals surface area contributed by atoms with E-state index in [0.717, 1.165) is 12.8 Å². The van der Waals surface area contributed by atoms with Crippen LogP contribution in [0, 0.1) is 5.92 Å². The van der Waals surface area contributed by atoms with Crippen molar-refractivity contribution < 1.29 is 19.1 Å². The van der Waals surface area contributed by atoms with Gasteiger partial charge >= 0.3 is 5.97 Å². The van der Waals surface area contributed by atoms with E-state index in [4.69, 9.17) is 23.2 Å². The Kier molecular flexibility index (Phi) is 8.91. The zero-order chi connectivity index (χ0) is 23.8. The number of aromatic nitrogens is 1. The van der Waals surface area contributed by atoms with Gasteiger partial charge in [-0.2, -0.15) is 0 Å². The number of esters is 1. The Hall–Kier alpha value is -2.84. The number of carbonyl (C=O) groups excluding carboxylic acids is 3. The molecule has 176 valence electrons. The second-order valence-corrected chi connectivity index (χ2v) is 8.66. The van der Waals surface area contributed by atoms with Crippen molar-refractivity contribution in [3.63, 3.8) is 0 Å². The summed E-state index contributed by atoms with van der Waals surface area (Å²) in [6.45, 7) is 1.94. The summed E-state index contributed by atoms with van der Waals surface area (Å²) in [6, 6.07) is 8.38. The Labute approximate surface area is 202 Å². The lowest BCUT2D eigenvalue weighted by atomic mass is 9.96. The molecule has 1 aliphatic rings. The third-order valence-electron chi connectivity index (χ3n) is 5.51. The summed E-state index contributed by atoms with van der Waals surface area (Å²) in [7, 11) is 1.32. The normalized spacial score (nSPS) is 14.0. The molecule has 8 nitrogen and oxygen atoms in total. The van der Waals surface area contributed by atoms with Gasteiger partial charge in [0.25, 0.3) is 5.91 Å². The number of hydrogen-bond acceptors (Lipinski definition) is 6. The number of pyridine rings is 1. The molecule has 0 saturated carbocycles. The van der Waals surface area contributed by atoms with Gasteiger partial charge in [-0.25, -0.2) is 4.98 Å². The zero-order valence-corrected chi connectivity index (χ0v) is 19.8. The van der Waals surface area contributed by atoms with Crippen molar-refractivity contribution in [2.75, 3.05) is 37.4 Å². The van der Waals surface area contributed by atoms with Crippen LogP contribution in [-0.2, 0) is 14.3 Å². The van der Waals surface area contributed by atoms with Crippen LogP contribution in [0.1, 0.15) is 36.0 Å². The summed E-state index contributed by atoms with van der Waals surface area (Å²) in [5, 5.41) is 7.03. The number of ether oxygens (including phenoxy) is 1. The molecule has 2 aromatic rings. The molecule has 1 saturated heterocycles. The summed E-state index contributed by atoms with van der Waals surface area (Å²) < 4.78 is 4.59. The van der Waals surface area contributed by atoms with E-state index in [1.54, 1.807) is 35.2 Å². The van der Waals surface area contributed by atoms with Crippen LogP contribution in [0.25, 0.3) is 0 Å². The van der Waals surface area contributed by atoms with E-state index in [1.807, 2.05) is 0 Å². The monoisotopic (exact) mass is 492 g/mol. The van der Waals surface area contributed by atoms with Gasteiger partial charge in [-0.1, -0.05) is 23.2 Å². The van der Waals surface area contributed by atoms with Crippen molar-refractivity contribution >= 4 is 52.5 Å². The van der Waals surface area contributed by atoms with E-state index in [9.17, 15) is 14.4 Å². The maximum Gasteiger partial charge on any atom is 0.306 e. The van der Waals surface area contributed by atoms with Gasteiger partial charge in [-0.05, 0) is 49.1 Å². The highest BCUT2D eigenvalue weighted by Gasteiger charge is 2.23. The van der Waals surface area contributed by atoms with E-state index in [0.29, 0.717) is 52.7 Å². The molecule has 2 heterocycles. The van der Waals surface area contributed by atoms with Crippen LogP contribution in [-0.4, -0.2) is 54.4 Å². The summed E-state index contributed by atoms with van der Waals surface area (Å²) in [4.78, 5) is 42.2. The van der Waals surface area contributed by atoms with E-state index in [-0.39, 0.29) is 30.6 Å². The van der Waals surface area contributed by atoms with Crippen molar-refractivity contribution in [2.45, 2.75) is 25.7 Å². The molecule has 1 fully saturated rings. The Morgan fingerprint density at radius 3 is 2.48 bits per heavy atom. The molecule has 2 N–H and O–H groups in total. The van der Waals surface area contributed by atoms with Gasteiger partial charge in [0, 0.05) is 43.0 Å². The summed E-state index contributed by atoms with van der Waals surface area (Å²) in [6.07, 6.45) is 3.40. The molecular weight excluding hydrogens is 467 g/mol. The molecule has 2 amide bonds. The minimum atomic E-state index is -0.378. The third-order valence-corrected chi connectivity index (χ3v) is 5.97. The first-order chi connectivity index (χ1) is 15.9. The molecule has 0 unspecified atom stereocenters. The lowest BCUT2D eigenvalue weighted by Crippen LogP contribution is -2.40. The van der Waals surface area contributed by atoms with Crippen molar-refractivity contribution in [2.24, 2.45) is 5.92 Å². The first-order valence-electron chi connectivity index (χ1n) is 10.7. The van der Waals surface area contributed by atoms with Crippen molar-refractivity contribution in [3.8, 4) is 0 Å². The van der Waals surface area contributed by atoms with Crippen LogP contribution in [0.3, 0.4) is 0 Å². The van der Waals surface area contributed by atoms with Crippen molar-refractivity contribution in [3.05, 3.63) is 52.1 Å². The Morgan fingerprint density at radius 1 is 1.09 bits per heavy atom. The first kappa shape index (κ1) is 24.8. The van der Waals surface area contributed by atoms with Gasteiger partial charge in [0.1, 0.15) is 5.82 Å². The fraction of sp³-hybridized carbons (Fsp3) is 0.391. The average Bonchev–Trinajstić information content (AvgIpc) is 2.83. The zero-order valence-electron chi connectivity index (χ0n) is 18.3. The molecule has 1 aromatic carbocycles. The fourth-order valence-electron chi connectivity index (χ4n) is 3.60. The molecule has 3 rings (SSSR count). The molecule has 0 spiro atoms. The number of methoxy groups -OCH3 is 1. The molecule has 1 aromatic heterocycles. The van der Waals surface area contributed by atoms with Gasteiger partial charge in [-0.15, -0.1) is 0 Å². The molecule has 0 atom stereocenters. The highest BCUT2D eigenvalue weighted by atomic mass is 35.5. The number of rotatable bonds is 8. The predicted molar refractivity (Wildman–Crippen MR) is 128 cm³/mol. The topological polar surface area (TPSA) is 101 Å². The second-order valence-electron chi connectivity index (χ2n) is 7.79. The lowest BCUT2D eigenvalue weighted by Gasteiger charge is -2.32. The van der Waals surface area contributed by atoms with Crippen molar-refractivity contribution in [1.29, 1.82) is 0 Å². The van der Waals surface area contributed by atoms with Crippen LogP contribution < -0.4 is 10.6 Å². The summed E-state index contributed by atoms with van der Waals surface area (Å²) >= 11 is 12.0. The SMILES string of the molecule is COC(=O)CCC(=O)N1CCC(CNc2ccc(Cl)cc2C(=O)Nc2ccc(Cl)cn2)CC1. The van der Waals surface area contributed by atoms with Gasteiger partial charge in [-0.3, -0.25) is 14.4 Å². The molecular formula is C23H26Cl2N4O4. The van der Waals surface area contributed by atoms with Gasteiger partial charge < -0.3 is 20.3 Å². The fourth-order valence-corrected chi connectivity index (χ4v) is 3.89. The number of hydrogen-bond donors (Lipinski definition) is 2. The molecule has 0 aliphatic carbocycles. The number of nitrogens with one attached hydrogen (secondary N) is 2. The van der Waals surface area contributed by atoms with E-state index < -0.39 is 0 Å². The minimum absolute atomic E-state index is 0.0284. The number of likely N-dealkylation sites (tertiary alicyclic amines) is 1. The van der Waals surface area contributed by atoms with Gasteiger partial charge in [0.2, 0.25) is 5.91 Å². The number of anilines is 2. The highest BCUT2D eigenvalue weighted by molar-refractivity contribution is 6.31. The Bertz CT molecular complexity index is 992. The first-order valence-corrected chi connectivity index (χ1v) is 11.4. The third kappa shape index (κ3) is 7.33. The lowest BCUT2D eigenvalue weighted by molar-refractivity contribution is -0.143. The average molecular weight is 493 g/mol. The van der Waals surface area contributed by atoms with Crippen LogP contribution in [0.15, 0.2) is 36.5 Å². The van der Waals surface area contributed by atoms with Crippen LogP contribution in [0.2, 0.25) is 10.0 Å². The van der Waals surface area contributed by atoms with Crippen LogP contribution in [0.4, 0.5) is 11.5 Å². The maximum absolute atomic E-state index is 12.8. The molecule has 10 heteroatoms. The molecule has 0 radical (unpaired) electrons. The van der Waals surface area contributed by atoms with E-state index in [1.165, 1.54) is 13.3 Å². The number of carbonyl (C=O) groups is 3. The van der Waals surface area contributed by atoms with E-state index in [2.05, 4.69) is 20.4 Å². The van der Waals surface area contributed by atoms with Crippen molar-refractivity contribution in [1.82, 2.24) is 9.88 Å². The van der Waals surface area contributed by atoms with Crippen LogP contribution in [0.5, 0.6) is 0 Å². The largest absolute Gasteiger partial charge is 0.469 e. The number of piperidine rings is 1. The number of nitrogens with zero attached hydrogens (tertiary/aromatic N) is 2. The number of halogens is 2. The maximum atomic E-state index is 12.8. The van der Waals surface area contributed by atoms with E-state index >= 15 is 0 Å². The second kappa shape index (κ2) is 11.9. The summed E-state index contributed by atoms with van der Waals surface area (Å²) in [5.41, 5.74) is 1.08. The quantitative estimate of drug-likeness (QED) is 0.534. The molecule has 1 aliphatic heterocycles. The minimum Gasteiger partial charge on any atom is -0.469 e. The van der Waals surface area contributed by atoms with Crippen LogP contribution >= 0.6 is 23.2 Å². The summed E-state index contributed by atoms with van der Waals surface area (Å²) in [5.74, 6) is -0.00375. The number of amides is 2. The Balaban J connectivity index is 1.53. The smallest absolute Gasteiger partial charge is 0.306 e. The molecule has 0 bridgehead atoms. The Morgan fingerprint density at radius 2 is 1.82 bits per heavy atom. The standard InChI is InChI=1S/C23H26Cl2N4O4/c1-33-22(31)7-6-21(30)29-10-8-15(9-11-29)13-26-19-4-2-16(24)12-18(19)23(32)28-20-5-3-17(25)14-27-20/h2-5,12,14-15,26H,6-11,13H2,1H3,(H,27,28,32). The van der Waals surface area contributed by atoms with Gasteiger partial charge in [0.15, 0.2) is 0 Å². The predicted octanol–water partition coefficient (Wildman–Crippen LogP) is 4.24. The highest BCUT2D eigenvalue weighted by Crippen LogP contribution is 2.24.